The Bertz CT molecular complexity index is 409. The highest BCUT2D eigenvalue weighted by atomic mass is 16.3. The van der Waals surface area contributed by atoms with Crippen molar-refractivity contribution in [2.24, 2.45) is 11.3 Å². The molecule has 114 valence electrons. The van der Waals surface area contributed by atoms with Crippen LogP contribution in [-0.2, 0) is 13.1 Å². The number of nitrogens with one attached hydrogen (secondary N) is 1. The molecule has 20 heavy (non-hydrogen) atoms. The highest BCUT2D eigenvalue weighted by Gasteiger charge is 2.26. The average Bonchev–Trinajstić information content (AvgIpc) is 2.75. The molecule has 0 spiro atoms. The van der Waals surface area contributed by atoms with Crippen LogP contribution >= 0.6 is 0 Å². The van der Waals surface area contributed by atoms with Gasteiger partial charge in [-0.1, -0.05) is 27.7 Å². The van der Waals surface area contributed by atoms with Crippen LogP contribution < -0.4 is 5.32 Å². The van der Waals surface area contributed by atoms with Crippen molar-refractivity contribution in [3.8, 4) is 0 Å². The third kappa shape index (κ3) is 4.95. The second kappa shape index (κ2) is 6.77. The highest BCUT2D eigenvalue weighted by Crippen LogP contribution is 2.29. The quantitative estimate of drug-likeness (QED) is 0.861. The van der Waals surface area contributed by atoms with E-state index < -0.39 is 0 Å². The van der Waals surface area contributed by atoms with Crippen LogP contribution in [0.3, 0.4) is 0 Å². The third-order valence-electron chi connectivity index (χ3n) is 3.95. The summed E-state index contributed by atoms with van der Waals surface area (Å²) in [4.78, 5) is 2.52. The van der Waals surface area contributed by atoms with Crippen molar-refractivity contribution in [1.29, 1.82) is 0 Å². The van der Waals surface area contributed by atoms with Crippen molar-refractivity contribution in [2.45, 2.75) is 53.6 Å². The number of nitrogens with zero attached hydrogens (tertiary/aromatic N) is 1. The Morgan fingerprint density at radius 2 is 2.20 bits per heavy atom. The zero-order valence-electron chi connectivity index (χ0n) is 13.5. The van der Waals surface area contributed by atoms with E-state index in [-0.39, 0.29) is 0 Å². The minimum absolute atomic E-state index is 0.451. The van der Waals surface area contributed by atoms with Gasteiger partial charge in [-0.05, 0) is 43.3 Å². The molecule has 0 amide bonds. The van der Waals surface area contributed by atoms with Crippen molar-refractivity contribution < 1.29 is 4.42 Å². The summed E-state index contributed by atoms with van der Waals surface area (Å²) in [6.45, 7) is 14.5. The number of furan rings is 1. The Hall–Kier alpha value is -0.800. The number of rotatable bonds is 6. The van der Waals surface area contributed by atoms with Gasteiger partial charge in [-0.15, -0.1) is 0 Å². The van der Waals surface area contributed by atoms with Gasteiger partial charge < -0.3 is 9.73 Å². The fraction of sp³-hybridized carbons (Fsp3) is 0.765. The van der Waals surface area contributed by atoms with E-state index in [1.807, 2.05) is 6.26 Å². The van der Waals surface area contributed by atoms with Gasteiger partial charge in [0.2, 0.25) is 0 Å². The molecule has 1 aromatic heterocycles. The van der Waals surface area contributed by atoms with Gasteiger partial charge in [0, 0.05) is 18.7 Å². The molecule has 1 aliphatic heterocycles. The summed E-state index contributed by atoms with van der Waals surface area (Å²) >= 11 is 0. The van der Waals surface area contributed by atoms with Crippen molar-refractivity contribution in [3.05, 3.63) is 23.7 Å². The molecule has 0 unspecified atom stereocenters. The standard InChI is InChI=1S/C17H30N2O/c1-14(2)9-18-10-15-8-16(20-12-15)11-19-7-5-6-17(3,4)13-19/h8,12,14,18H,5-7,9-11,13H2,1-4H3. The minimum Gasteiger partial charge on any atom is -0.468 e. The first-order chi connectivity index (χ1) is 9.44. The zero-order valence-corrected chi connectivity index (χ0v) is 13.5. The monoisotopic (exact) mass is 278 g/mol. The van der Waals surface area contributed by atoms with Crippen LogP contribution in [0.25, 0.3) is 0 Å². The summed E-state index contributed by atoms with van der Waals surface area (Å²) in [5.41, 5.74) is 1.71. The molecule has 1 fully saturated rings. The Balaban J connectivity index is 1.80. The van der Waals surface area contributed by atoms with Gasteiger partial charge in [-0.25, -0.2) is 0 Å². The number of piperidine rings is 1. The zero-order chi connectivity index (χ0) is 14.6. The molecule has 0 saturated carbocycles. The molecule has 1 aliphatic rings. The molecule has 1 N–H and O–H groups in total. The molecule has 0 bridgehead atoms. The maximum absolute atomic E-state index is 5.71. The molecule has 0 atom stereocenters. The van der Waals surface area contributed by atoms with Crippen LogP contribution in [0.15, 0.2) is 16.7 Å². The molecule has 3 nitrogen and oxygen atoms in total. The number of likely N-dealkylation sites (tertiary alicyclic amines) is 1. The summed E-state index contributed by atoms with van der Waals surface area (Å²) < 4.78 is 5.71. The van der Waals surface area contributed by atoms with Gasteiger partial charge in [0.25, 0.3) is 0 Å². The van der Waals surface area contributed by atoms with Crippen LogP contribution in [0.4, 0.5) is 0 Å². The van der Waals surface area contributed by atoms with E-state index in [9.17, 15) is 0 Å². The lowest BCUT2D eigenvalue weighted by Crippen LogP contribution is -2.39. The van der Waals surface area contributed by atoms with E-state index in [1.54, 1.807) is 0 Å². The van der Waals surface area contributed by atoms with E-state index in [0.717, 1.165) is 25.4 Å². The first-order valence-corrected chi connectivity index (χ1v) is 7.94. The Labute approximate surface area is 123 Å². The minimum atomic E-state index is 0.451. The molecule has 0 radical (unpaired) electrons. The Morgan fingerprint density at radius 1 is 1.40 bits per heavy atom. The number of hydrogen-bond acceptors (Lipinski definition) is 3. The Kier molecular flexibility index (Phi) is 5.28. The average molecular weight is 278 g/mol. The van der Waals surface area contributed by atoms with Crippen LogP contribution in [0.5, 0.6) is 0 Å². The van der Waals surface area contributed by atoms with Crippen LogP contribution in [0.2, 0.25) is 0 Å². The highest BCUT2D eigenvalue weighted by molar-refractivity contribution is 5.12. The predicted molar refractivity (Wildman–Crippen MR) is 83.5 cm³/mol. The molecule has 2 heterocycles. The maximum Gasteiger partial charge on any atom is 0.118 e. The summed E-state index contributed by atoms with van der Waals surface area (Å²) in [6, 6.07) is 2.20. The molecular weight excluding hydrogens is 248 g/mol. The van der Waals surface area contributed by atoms with E-state index in [4.69, 9.17) is 4.42 Å². The molecule has 1 aromatic rings. The van der Waals surface area contributed by atoms with Crippen molar-refractivity contribution in [3.63, 3.8) is 0 Å². The van der Waals surface area contributed by atoms with Crippen LogP contribution in [-0.4, -0.2) is 24.5 Å². The van der Waals surface area contributed by atoms with Crippen molar-refractivity contribution in [2.75, 3.05) is 19.6 Å². The molecule has 0 aliphatic carbocycles. The van der Waals surface area contributed by atoms with E-state index in [0.29, 0.717) is 11.3 Å². The fourth-order valence-electron chi connectivity index (χ4n) is 3.01. The van der Waals surface area contributed by atoms with E-state index in [2.05, 4.69) is 44.0 Å². The normalized spacial score (nSPS) is 19.6. The molecule has 0 aromatic carbocycles. The molecule has 1 saturated heterocycles. The van der Waals surface area contributed by atoms with Gasteiger partial charge >= 0.3 is 0 Å². The van der Waals surface area contributed by atoms with Crippen molar-refractivity contribution in [1.82, 2.24) is 10.2 Å². The molecular formula is C17H30N2O. The van der Waals surface area contributed by atoms with Crippen molar-refractivity contribution >= 4 is 0 Å². The molecule has 2 rings (SSSR count). The first kappa shape index (κ1) is 15.6. The van der Waals surface area contributed by atoms with E-state index in [1.165, 1.54) is 31.5 Å². The second-order valence-corrected chi connectivity index (χ2v) is 7.42. The summed E-state index contributed by atoms with van der Waals surface area (Å²) in [7, 11) is 0. The van der Waals surface area contributed by atoms with E-state index >= 15 is 0 Å². The SMILES string of the molecule is CC(C)CNCc1coc(CN2CCCC(C)(C)C2)c1. The largest absolute Gasteiger partial charge is 0.468 e. The van der Waals surface area contributed by atoms with Gasteiger partial charge in [-0.2, -0.15) is 0 Å². The fourth-order valence-corrected chi connectivity index (χ4v) is 3.01. The van der Waals surface area contributed by atoms with Gasteiger partial charge in [0.1, 0.15) is 5.76 Å². The maximum atomic E-state index is 5.71. The Morgan fingerprint density at radius 3 is 2.90 bits per heavy atom. The molecule has 3 heteroatoms. The summed E-state index contributed by atoms with van der Waals surface area (Å²) in [5.74, 6) is 1.79. The second-order valence-electron chi connectivity index (χ2n) is 7.42. The lowest BCUT2D eigenvalue weighted by molar-refractivity contribution is 0.105. The van der Waals surface area contributed by atoms with Gasteiger partial charge in [0.05, 0.1) is 12.8 Å². The number of hydrogen-bond donors (Lipinski definition) is 1. The lowest BCUT2D eigenvalue weighted by Gasteiger charge is -2.37. The predicted octanol–water partition coefficient (Wildman–Crippen LogP) is 3.65. The van der Waals surface area contributed by atoms with Crippen LogP contribution in [0, 0.1) is 11.3 Å². The lowest BCUT2D eigenvalue weighted by atomic mass is 9.84. The summed E-state index contributed by atoms with van der Waals surface area (Å²) in [6.07, 6.45) is 4.54. The van der Waals surface area contributed by atoms with Gasteiger partial charge in [0.15, 0.2) is 0 Å². The first-order valence-electron chi connectivity index (χ1n) is 7.94. The third-order valence-corrected chi connectivity index (χ3v) is 3.95. The smallest absolute Gasteiger partial charge is 0.118 e. The summed E-state index contributed by atoms with van der Waals surface area (Å²) in [5, 5.41) is 3.46. The topological polar surface area (TPSA) is 28.4 Å². The van der Waals surface area contributed by atoms with Crippen LogP contribution in [0.1, 0.15) is 51.9 Å². The van der Waals surface area contributed by atoms with Gasteiger partial charge in [-0.3, -0.25) is 4.90 Å².